The molecular formula is C31H26ClN3O5S2. The summed E-state index contributed by atoms with van der Waals surface area (Å²) in [7, 11) is -3.90. The molecule has 0 atom stereocenters. The van der Waals surface area contributed by atoms with Gasteiger partial charge in [0.05, 0.1) is 22.3 Å². The predicted molar refractivity (Wildman–Crippen MR) is 163 cm³/mol. The minimum Gasteiger partial charge on any atom is -0.503 e. The predicted octanol–water partition coefficient (Wildman–Crippen LogP) is 6.64. The topological polar surface area (TPSA) is 113 Å². The number of benzene rings is 3. The summed E-state index contributed by atoms with van der Waals surface area (Å²) in [5.74, 6) is -1.76. The van der Waals surface area contributed by atoms with Crippen molar-refractivity contribution in [2.45, 2.75) is 28.9 Å². The molecular weight excluding hydrogens is 594 g/mol. The van der Waals surface area contributed by atoms with Crippen LogP contribution in [0.5, 0.6) is 11.6 Å². The largest absolute Gasteiger partial charge is 0.503 e. The molecule has 0 unspecified atom stereocenters. The second-order valence-electron chi connectivity index (χ2n) is 10.1. The Hall–Kier alpha value is -4.12. The molecule has 2 N–H and O–H groups in total. The van der Waals surface area contributed by atoms with Gasteiger partial charge in [0, 0.05) is 34.9 Å². The second kappa shape index (κ2) is 10.9. The van der Waals surface area contributed by atoms with Crippen LogP contribution in [-0.2, 0) is 9.84 Å². The number of sulfone groups is 1. The third-order valence-electron chi connectivity index (χ3n) is 7.27. The van der Waals surface area contributed by atoms with Gasteiger partial charge < -0.3 is 15.1 Å². The van der Waals surface area contributed by atoms with Gasteiger partial charge in [-0.25, -0.2) is 13.4 Å². The molecule has 11 heteroatoms. The zero-order valence-corrected chi connectivity index (χ0v) is 24.9. The van der Waals surface area contributed by atoms with Crippen molar-refractivity contribution >= 4 is 44.2 Å². The van der Waals surface area contributed by atoms with Crippen molar-refractivity contribution in [3.05, 3.63) is 101 Å². The minimum absolute atomic E-state index is 0.0509. The molecule has 42 heavy (non-hydrogen) atoms. The summed E-state index contributed by atoms with van der Waals surface area (Å²) >= 11 is 7.14. The Labute approximate surface area is 252 Å². The molecule has 0 spiro atoms. The van der Waals surface area contributed by atoms with E-state index in [-0.39, 0.29) is 25.5 Å². The molecule has 1 saturated heterocycles. The van der Waals surface area contributed by atoms with Crippen LogP contribution in [0.15, 0.2) is 88.1 Å². The van der Waals surface area contributed by atoms with E-state index in [1.165, 1.54) is 22.9 Å². The van der Waals surface area contributed by atoms with Crippen molar-refractivity contribution < 1.29 is 23.4 Å². The monoisotopic (exact) mass is 619 g/mol. The number of carbonyl (C=O) groups excluding carboxylic acids is 1. The van der Waals surface area contributed by atoms with Crippen LogP contribution in [0, 0.1) is 6.92 Å². The van der Waals surface area contributed by atoms with Gasteiger partial charge in [-0.1, -0.05) is 59.3 Å². The van der Waals surface area contributed by atoms with Crippen LogP contribution < -0.4 is 4.90 Å². The average molecular weight is 620 g/mol. The summed E-state index contributed by atoms with van der Waals surface area (Å²) in [5, 5.41) is 23.0. The summed E-state index contributed by atoms with van der Waals surface area (Å²) in [6.07, 6.45) is 3.22. The van der Waals surface area contributed by atoms with Crippen LogP contribution in [0.4, 0.5) is 5.69 Å². The smallest absolute Gasteiger partial charge is 0.242 e. The summed E-state index contributed by atoms with van der Waals surface area (Å²) in [6.45, 7) is 3.57. The van der Waals surface area contributed by atoms with E-state index in [1.54, 1.807) is 48.5 Å². The molecule has 0 amide bonds. The molecule has 0 radical (unpaired) electrons. The Bertz CT molecular complexity index is 1930. The lowest BCUT2D eigenvalue weighted by atomic mass is 9.96. The third kappa shape index (κ3) is 4.85. The van der Waals surface area contributed by atoms with Crippen molar-refractivity contribution in [3.8, 4) is 28.0 Å². The number of anilines is 1. The molecule has 3 heterocycles. The van der Waals surface area contributed by atoms with E-state index in [9.17, 15) is 23.4 Å². The van der Waals surface area contributed by atoms with Crippen molar-refractivity contribution in [2.75, 3.05) is 18.0 Å². The fourth-order valence-electron chi connectivity index (χ4n) is 5.24. The van der Waals surface area contributed by atoms with Crippen molar-refractivity contribution in [1.82, 2.24) is 9.55 Å². The van der Waals surface area contributed by atoms with Crippen molar-refractivity contribution in [2.24, 2.45) is 0 Å². The Morgan fingerprint density at radius 2 is 1.71 bits per heavy atom. The maximum atomic E-state index is 14.3. The number of hydrogen-bond donors (Lipinski definition) is 2. The van der Waals surface area contributed by atoms with E-state index in [4.69, 9.17) is 11.6 Å². The molecule has 3 aromatic carbocycles. The van der Waals surface area contributed by atoms with E-state index in [1.807, 2.05) is 19.1 Å². The first kappa shape index (κ1) is 28.0. The number of hydrogen-bond acceptors (Lipinski definition) is 8. The first-order valence-corrected chi connectivity index (χ1v) is 15.9. The molecule has 5 aromatic rings. The lowest BCUT2D eigenvalue weighted by Crippen LogP contribution is -2.21. The number of thiazole rings is 1. The Balaban J connectivity index is 1.56. The van der Waals surface area contributed by atoms with Gasteiger partial charge in [-0.3, -0.25) is 9.36 Å². The number of aryl methyl sites for hydroxylation is 1. The lowest BCUT2D eigenvalue weighted by Gasteiger charge is -2.21. The van der Waals surface area contributed by atoms with Gasteiger partial charge in [0.2, 0.25) is 21.5 Å². The van der Waals surface area contributed by atoms with Gasteiger partial charge in [-0.15, -0.1) is 0 Å². The van der Waals surface area contributed by atoms with Gasteiger partial charge in [0.25, 0.3) is 0 Å². The quantitative estimate of drug-likeness (QED) is 0.196. The number of aromatic nitrogens is 2. The van der Waals surface area contributed by atoms with Crippen LogP contribution in [0.25, 0.3) is 16.4 Å². The Morgan fingerprint density at radius 1 is 0.976 bits per heavy atom. The van der Waals surface area contributed by atoms with Crippen LogP contribution in [0.2, 0.25) is 5.02 Å². The van der Waals surface area contributed by atoms with E-state index in [0.717, 1.165) is 48.5 Å². The highest BCUT2D eigenvalue weighted by Crippen LogP contribution is 2.46. The number of ketones is 1. The van der Waals surface area contributed by atoms with Gasteiger partial charge in [0.1, 0.15) is 4.21 Å². The van der Waals surface area contributed by atoms with E-state index < -0.39 is 27.2 Å². The summed E-state index contributed by atoms with van der Waals surface area (Å²) in [4.78, 5) is 20.9. The number of carbonyl (C=O) groups is 1. The van der Waals surface area contributed by atoms with E-state index >= 15 is 0 Å². The van der Waals surface area contributed by atoms with Gasteiger partial charge in [-0.2, -0.15) is 0 Å². The highest BCUT2D eigenvalue weighted by atomic mass is 35.5. The van der Waals surface area contributed by atoms with Gasteiger partial charge >= 0.3 is 0 Å². The Kier molecular flexibility index (Phi) is 7.30. The van der Waals surface area contributed by atoms with Gasteiger partial charge in [0.15, 0.2) is 10.9 Å². The Morgan fingerprint density at radius 3 is 2.43 bits per heavy atom. The minimum atomic E-state index is -3.90. The molecule has 0 bridgehead atoms. The molecule has 6 rings (SSSR count). The van der Waals surface area contributed by atoms with Crippen LogP contribution in [0.1, 0.15) is 34.3 Å². The summed E-state index contributed by atoms with van der Waals surface area (Å²) in [5.41, 5.74) is 2.56. The molecule has 1 aliphatic rings. The summed E-state index contributed by atoms with van der Waals surface area (Å²) < 4.78 is 27.7. The van der Waals surface area contributed by atoms with Crippen LogP contribution >= 0.6 is 22.9 Å². The number of halogens is 1. The molecule has 2 aromatic heterocycles. The van der Waals surface area contributed by atoms with E-state index in [0.29, 0.717) is 16.1 Å². The number of aromatic hydroxyl groups is 2. The van der Waals surface area contributed by atoms with Crippen LogP contribution in [-0.4, -0.2) is 47.1 Å². The SMILES string of the molecule is Cc1ccc(C(=O)c2c(O)c(O)n(-c3ncc(S(=O)(=O)c4ccccc4)s3)c2-c2cccc(Cl)c2)c(N2CCCC2)c1. The number of rotatable bonds is 7. The standard InChI is InChI=1S/C31H26ClN3O5S2/c1-19-12-13-23(24(16-19)34-14-5-6-15-34)28(36)26-27(20-8-7-9-21(32)17-20)35(30(38)29(26)37)31-33-18-25(41-31)42(39,40)22-10-3-2-4-11-22/h2-4,7-13,16-18,37-38H,5-6,14-15H2,1H3. The highest BCUT2D eigenvalue weighted by molar-refractivity contribution is 7.93. The molecule has 0 saturated carbocycles. The molecule has 0 aliphatic carbocycles. The fraction of sp³-hybridized carbons (Fsp3) is 0.161. The van der Waals surface area contributed by atoms with Crippen molar-refractivity contribution in [3.63, 3.8) is 0 Å². The van der Waals surface area contributed by atoms with E-state index in [2.05, 4.69) is 9.88 Å². The molecule has 214 valence electrons. The first-order chi connectivity index (χ1) is 20.2. The van der Waals surface area contributed by atoms with Crippen molar-refractivity contribution in [1.29, 1.82) is 0 Å². The fourth-order valence-corrected chi connectivity index (χ4v) is 7.98. The second-order valence-corrected chi connectivity index (χ2v) is 13.7. The maximum Gasteiger partial charge on any atom is 0.242 e. The normalized spacial score (nSPS) is 13.5. The zero-order chi connectivity index (χ0) is 29.6. The highest BCUT2D eigenvalue weighted by Gasteiger charge is 2.33. The molecule has 1 fully saturated rings. The average Bonchev–Trinajstić information content (AvgIpc) is 3.74. The lowest BCUT2D eigenvalue weighted by molar-refractivity contribution is 0.103. The summed E-state index contributed by atoms with van der Waals surface area (Å²) in [6, 6.07) is 20.1. The van der Waals surface area contributed by atoms with Gasteiger partial charge in [-0.05, 0) is 61.7 Å². The zero-order valence-electron chi connectivity index (χ0n) is 22.5. The first-order valence-electron chi connectivity index (χ1n) is 13.3. The number of nitrogens with zero attached hydrogens (tertiary/aromatic N) is 3. The van der Waals surface area contributed by atoms with Crippen LogP contribution in [0.3, 0.4) is 0 Å². The molecule has 1 aliphatic heterocycles. The molecule has 8 nitrogen and oxygen atoms in total. The maximum absolute atomic E-state index is 14.3. The third-order valence-corrected chi connectivity index (χ3v) is 10.7.